The van der Waals surface area contributed by atoms with Crippen molar-refractivity contribution in [1.82, 2.24) is 14.7 Å². The Bertz CT molecular complexity index is 1340. The summed E-state index contributed by atoms with van der Waals surface area (Å²) < 4.78 is 8.06. The monoisotopic (exact) mass is 481 g/mol. The average molecular weight is 482 g/mol. The maximum absolute atomic E-state index is 13.6. The van der Waals surface area contributed by atoms with Gasteiger partial charge in [-0.15, -0.1) is 0 Å². The number of aromatic nitrogens is 3. The van der Waals surface area contributed by atoms with E-state index in [-0.39, 0.29) is 30.0 Å². The van der Waals surface area contributed by atoms with Crippen molar-refractivity contribution in [2.45, 2.75) is 26.7 Å². The molecule has 1 aromatic carbocycles. The number of nitrogens with zero attached hydrogens (tertiary/aromatic N) is 3. The Kier molecular flexibility index (Phi) is 6.81. The van der Waals surface area contributed by atoms with Crippen molar-refractivity contribution < 1.29 is 18.9 Å². The maximum Gasteiger partial charge on any atom is 0.326 e. The van der Waals surface area contributed by atoms with Gasteiger partial charge in [0.05, 0.1) is 24.4 Å². The van der Waals surface area contributed by atoms with E-state index in [1.807, 2.05) is 26.0 Å². The summed E-state index contributed by atoms with van der Waals surface area (Å²) in [5.74, 6) is -0.989. The van der Waals surface area contributed by atoms with Gasteiger partial charge in [0.15, 0.2) is 12.4 Å². The van der Waals surface area contributed by atoms with E-state index < -0.39 is 17.4 Å². The summed E-state index contributed by atoms with van der Waals surface area (Å²) in [6.45, 7) is 4.19. The SMILES string of the molecule is CCc1cc[n+](C2=C(c3c(CC)[nH]n(-c4cccc(Cl)c4)c3=O)C(=O)N(CCOC)C2=O)cc1. The fraction of sp³-hybridized carbons (Fsp3) is 0.280. The van der Waals surface area contributed by atoms with Crippen molar-refractivity contribution in [2.75, 3.05) is 20.3 Å². The summed E-state index contributed by atoms with van der Waals surface area (Å²) >= 11 is 6.13. The summed E-state index contributed by atoms with van der Waals surface area (Å²) in [6.07, 6.45) is 4.77. The molecule has 1 N–H and O–H groups in total. The normalized spacial score (nSPS) is 13.9. The minimum Gasteiger partial charge on any atom is -0.383 e. The van der Waals surface area contributed by atoms with Crippen LogP contribution in [0, 0.1) is 0 Å². The largest absolute Gasteiger partial charge is 0.383 e. The van der Waals surface area contributed by atoms with E-state index in [0.717, 1.165) is 16.9 Å². The van der Waals surface area contributed by atoms with Crippen molar-refractivity contribution in [1.29, 1.82) is 0 Å². The Balaban J connectivity index is 1.96. The van der Waals surface area contributed by atoms with E-state index in [1.54, 1.807) is 41.2 Å². The van der Waals surface area contributed by atoms with E-state index in [1.165, 1.54) is 11.8 Å². The van der Waals surface area contributed by atoms with Gasteiger partial charge in [-0.05, 0) is 36.6 Å². The lowest BCUT2D eigenvalue weighted by molar-refractivity contribution is -0.577. The molecule has 176 valence electrons. The zero-order chi connectivity index (χ0) is 24.4. The van der Waals surface area contributed by atoms with Crippen LogP contribution < -0.4 is 10.1 Å². The van der Waals surface area contributed by atoms with E-state index in [4.69, 9.17) is 16.3 Å². The van der Waals surface area contributed by atoms with Crippen LogP contribution in [0.1, 0.15) is 30.7 Å². The number of H-pyrrole nitrogens is 1. The Morgan fingerprint density at radius 1 is 1.03 bits per heavy atom. The molecule has 0 saturated carbocycles. The lowest BCUT2D eigenvalue weighted by Crippen LogP contribution is -2.40. The number of pyridine rings is 1. The lowest BCUT2D eigenvalue weighted by atomic mass is 10.0. The molecular formula is C25H26ClN4O4+. The lowest BCUT2D eigenvalue weighted by Gasteiger charge is -2.12. The average Bonchev–Trinajstić information content (AvgIpc) is 3.30. The molecule has 1 aliphatic heterocycles. The van der Waals surface area contributed by atoms with Crippen LogP contribution in [0.15, 0.2) is 53.6 Å². The van der Waals surface area contributed by atoms with Gasteiger partial charge in [0.25, 0.3) is 17.2 Å². The Hall–Kier alpha value is -3.49. The van der Waals surface area contributed by atoms with Gasteiger partial charge in [-0.1, -0.05) is 31.5 Å². The van der Waals surface area contributed by atoms with Crippen LogP contribution in [-0.4, -0.2) is 46.8 Å². The van der Waals surface area contributed by atoms with E-state index in [9.17, 15) is 14.4 Å². The number of benzene rings is 1. The highest BCUT2D eigenvalue weighted by Crippen LogP contribution is 2.30. The fourth-order valence-electron chi connectivity index (χ4n) is 4.05. The number of carbonyl (C=O) groups excluding carboxylic acids is 2. The molecule has 4 rings (SSSR count). The molecule has 3 heterocycles. The summed E-state index contributed by atoms with van der Waals surface area (Å²) in [5.41, 5.74) is 2.16. The Morgan fingerprint density at radius 2 is 1.76 bits per heavy atom. The second-order valence-corrected chi connectivity index (χ2v) is 8.32. The number of methoxy groups -OCH3 is 1. The number of nitrogens with one attached hydrogen (secondary N) is 1. The standard InChI is InChI=1S/C25H25ClN4O4/c1-4-16-9-11-28(12-10-16)22-21(23(31)29(25(22)33)13-14-34-3)20-19(5-2)27-30(24(20)32)18-8-6-7-17(26)15-18/h6-12,15H,4-5,13-14H2,1-3H3/p+1. The first-order chi connectivity index (χ1) is 16.4. The van der Waals surface area contributed by atoms with Gasteiger partial charge >= 0.3 is 5.91 Å². The van der Waals surface area contributed by atoms with Gasteiger partial charge in [0.2, 0.25) is 0 Å². The van der Waals surface area contributed by atoms with E-state index in [2.05, 4.69) is 5.10 Å². The predicted molar refractivity (Wildman–Crippen MR) is 128 cm³/mol. The Labute approximate surface area is 202 Å². The number of ether oxygens (including phenoxy) is 1. The highest BCUT2D eigenvalue weighted by molar-refractivity contribution is 6.44. The molecule has 0 radical (unpaired) electrons. The van der Waals surface area contributed by atoms with E-state index in [0.29, 0.717) is 22.8 Å². The van der Waals surface area contributed by atoms with Crippen LogP contribution in [0.4, 0.5) is 0 Å². The van der Waals surface area contributed by atoms with Gasteiger partial charge in [-0.2, -0.15) is 4.57 Å². The molecule has 0 unspecified atom stereocenters. The van der Waals surface area contributed by atoms with Crippen LogP contribution in [0.2, 0.25) is 5.02 Å². The predicted octanol–water partition coefficient (Wildman–Crippen LogP) is 2.61. The van der Waals surface area contributed by atoms with Gasteiger partial charge in [0, 0.05) is 30.0 Å². The quantitative estimate of drug-likeness (QED) is 0.395. The van der Waals surface area contributed by atoms with Crippen molar-refractivity contribution >= 4 is 34.7 Å². The molecule has 8 nitrogen and oxygen atoms in total. The number of imide groups is 1. The summed E-state index contributed by atoms with van der Waals surface area (Å²) in [7, 11) is 1.50. The zero-order valence-electron chi connectivity index (χ0n) is 19.3. The molecule has 9 heteroatoms. The summed E-state index contributed by atoms with van der Waals surface area (Å²) in [4.78, 5) is 41.7. The first-order valence-corrected chi connectivity index (χ1v) is 11.5. The molecule has 0 atom stereocenters. The number of hydrogen-bond donors (Lipinski definition) is 1. The smallest absolute Gasteiger partial charge is 0.326 e. The maximum atomic E-state index is 13.6. The minimum atomic E-state index is -0.520. The molecule has 34 heavy (non-hydrogen) atoms. The number of hydrogen-bond acceptors (Lipinski definition) is 4. The van der Waals surface area contributed by atoms with Crippen molar-refractivity contribution in [3.05, 3.63) is 81.0 Å². The summed E-state index contributed by atoms with van der Waals surface area (Å²) in [6, 6.07) is 10.6. The second kappa shape index (κ2) is 9.79. The number of amides is 2. The third kappa shape index (κ3) is 4.10. The van der Waals surface area contributed by atoms with Gasteiger partial charge < -0.3 is 4.74 Å². The highest BCUT2D eigenvalue weighted by atomic mass is 35.5. The molecular weight excluding hydrogens is 456 g/mol. The van der Waals surface area contributed by atoms with Crippen LogP contribution in [0.5, 0.6) is 0 Å². The number of carbonyl (C=O) groups is 2. The molecule has 0 saturated heterocycles. The van der Waals surface area contributed by atoms with Crippen LogP contribution in [0.3, 0.4) is 0 Å². The number of aromatic amines is 1. The first-order valence-electron chi connectivity index (χ1n) is 11.1. The Morgan fingerprint density at radius 3 is 2.38 bits per heavy atom. The highest BCUT2D eigenvalue weighted by Gasteiger charge is 2.47. The third-order valence-corrected chi connectivity index (χ3v) is 6.10. The summed E-state index contributed by atoms with van der Waals surface area (Å²) in [5, 5.41) is 3.57. The van der Waals surface area contributed by atoms with Crippen LogP contribution in [0.25, 0.3) is 17.0 Å². The molecule has 0 bridgehead atoms. The first kappa shape index (κ1) is 23.7. The van der Waals surface area contributed by atoms with Crippen LogP contribution in [-0.2, 0) is 27.2 Å². The van der Waals surface area contributed by atoms with Crippen molar-refractivity contribution in [2.24, 2.45) is 0 Å². The third-order valence-electron chi connectivity index (χ3n) is 5.86. The molecule has 1 aliphatic rings. The molecule has 2 amide bonds. The van der Waals surface area contributed by atoms with Crippen LogP contribution >= 0.6 is 11.6 Å². The second-order valence-electron chi connectivity index (χ2n) is 7.88. The van der Waals surface area contributed by atoms with Crippen molar-refractivity contribution in [3.8, 4) is 5.69 Å². The molecule has 0 spiro atoms. The number of halogens is 1. The van der Waals surface area contributed by atoms with Crippen molar-refractivity contribution in [3.63, 3.8) is 0 Å². The zero-order valence-corrected chi connectivity index (χ0v) is 20.1. The van der Waals surface area contributed by atoms with Gasteiger partial charge in [-0.3, -0.25) is 24.4 Å². The molecule has 3 aromatic rings. The molecule has 0 aliphatic carbocycles. The number of aryl methyl sites for hydroxylation is 2. The number of rotatable bonds is 8. The fourth-order valence-corrected chi connectivity index (χ4v) is 4.23. The minimum absolute atomic E-state index is 0.0780. The molecule has 2 aromatic heterocycles. The molecule has 0 fully saturated rings. The van der Waals surface area contributed by atoms with Gasteiger partial charge in [0.1, 0.15) is 5.57 Å². The topological polar surface area (TPSA) is 88.3 Å². The van der Waals surface area contributed by atoms with E-state index >= 15 is 0 Å². The van der Waals surface area contributed by atoms with Gasteiger partial charge in [-0.25, -0.2) is 4.68 Å².